The Morgan fingerprint density at radius 2 is 1.60 bits per heavy atom. The van der Waals surface area contributed by atoms with Gasteiger partial charge in [0.05, 0.1) is 0 Å². The number of aliphatic hydroxyl groups is 1. The molecular formula is C12H17F6NO. The van der Waals surface area contributed by atoms with Crippen LogP contribution < -0.4 is 0 Å². The molecule has 0 aromatic carbocycles. The van der Waals surface area contributed by atoms with E-state index in [-0.39, 0.29) is 13.0 Å². The lowest BCUT2D eigenvalue weighted by Crippen LogP contribution is -2.63. The summed E-state index contributed by atoms with van der Waals surface area (Å²) in [5.41, 5.74) is -2.37. The highest BCUT2D eigenvalue weighted by molar-refractivity contribution is 4.97. The molecule has 0 rings (SSSR count). The standard InChI is InChI=1S/C12H17F6NO/c1-4-5-6-7-19(9(2)3)8-10(20,11(13,14)15)12(16,17)18/h5,9,20H,1,6-8H2,2-3H3. The normalized spacial score (nSPS) is 13.8. The fourth-order valence-electron chi connectivity index (χ4n) is 1.49. The van der Waals surface area contributed by atoms with Gasteiger partial charge in [-0.2, -0.15) is 26.3 Å². The number of rotatable bonds is 6. The molecule has 0 amide bonds. The predicted molar refractivity (Wildman–Crippen MR) is 62.1 cm³/mol. The molecule has 0 unspecified atom stereocenters. The minimum atomic E-state index is -5.80. The fraction of sp³-hybridized carbons (Fsp3) is 0.750. The lowest BCUT2D eigenvalue weighted by Gasteiger charge is -2.38. The number of alkyl halides is 6. The van der Waals surface area contributed by atoms with E-state index in [9.17, 15) is 26.3 Å². The minimum Gasteiger partial charge on any atom is -0.373 e. The third-order valence-corrected chi connectivity index (χ3v) is 2.81. The molecule has 0 aliphatic heterocycles. The summed E-state index contributed by atoms with van der Waals surface area (Å²) in [4.78, 5) is 0.912. The third kappa shape index (κ3) is 4.54. The molecule has 0 saturated carbocycles. The zero-order valence-electron chi connectivity index (χ0n) is 11.1. The summed E-state index contributed by atoms with van der Waals surface area (Å²) in [6, 6.07) is -0.593. The Morgan fingerprint density at radius 3 is 1.90 bits per heavy atom. The number of halogens is 6. The van der Waals surface area contributed by atoms with Gasteiger partial charge in [0.2, 0.25) is 0 Å². The number of hydrogen-bond donors (Lipinski definition) is 1. The molecule has 1 N–H and O–H groups in total. The van der Waals surface area contributed by atoms with E-state index in [1.54, 1.807) is 0 Å². The Bertz CT molecular complexity index is 340. The van der Waals surface area contributed by atoms with Gasteiger partial charge in [-0.05, 0) is 26.3 Å². The van der Waals surface area contributed by atoms with E-state index >= 15 is 0 Å². The zero-order chi connectivity index (χ0) is 16.2. The van der Waals surface area contributed by atoms with Crippen molar-refractivity contribution >= 4 is 0 Å². The summed E-state index contributed by atoms with van der Waals surface area (Å²) in [7, 11) is 0. The Hall–Kier alpha value is -0.980. The van der Waals surface area contributed by atoms with Crippen molar-refractivity contribution < 1.29 is 31.4 Å². The predicted octanol–water partition coefficient (Wildman–Crippen LogP) is 3.28. The van der Waals surface area contributed by atoms with Crippen molar-refractivity contribution in [3.05, 3.63) is 18.4 Å². The van der Waals surface area contributed by atoms with Crippen LogP contribution in [0.2, 0.25) is 0 Å². The summed E-state index contributed by atoms with van der Waals surface area (Å²) in [6.45, 7) is 4.50. The van der Waals surface area contributed by atoms with Crippen LogP contribution in [0.25, 0.3) is 0 Å². The van der Waals surface area contributed by atoms with Crippen molar-refractivity contribution in [3.63, 3.8) is 0 Å². The molecule has 0 aliphatic rings. The molecule has 118 valence electrons. The maximum atomic E-state index is 12.6. The van der Waals surface area contributed by atoms with Crippen LogP contribution in [0.4, 0.5) is 26.3 Å². The lowest BCUT2D eigenvalue weighted by atomic mass is 10.0. The van der Waals surface area contributed by atoms with E-state index in [2.05, 4.69) is 12.3 Å². The van der Waals surface area contributed by atoms with Gasteiger partial charge in [0.1, 0.15) is 0 Å². The van der Waals surface area contributed by atoms with Crippen LogP contribution in [0, 0.1) is 0 Å². The third-order valence-electron chi connectivity index (χ3n) is 2.81. The van der Waals surface area contributed by atoms with Gasteiger partial charge in [-0.15, -0.1) is 5.73 Å². The van der Waals surface area contributed by atoms with Crippen LogP contribution in [0.1, 0.15) is 20.3 Å². The molecule has 0 aliphatic carbocycles. The molecule has 0 bridgehead atoms. The molecule has 8 heteroatoms. The molecule has 0 atom stereocenters. The summed E-state index contributed by atoms with van der Waals surface area (Å²) in [5, 5.41) is 9.13. The smallest absolute Gasteiger partial charge is 0.373 e. The average molecular weight is 305 g/mol. The van der Waals surface area contributed by atoms with Gasteiger partial charge in [0.15, 0.2) is 0 Å². The van der Waals surface area contributed by atoms with Gasteiger partial charge < -0.3 is 5.11 Å². The quantitative estimate of drug-likeness (QED) is 0.601. The zero-order valence-corrected chi connectivity index (χ0v) is 11.1. The molecule has 20 heavy (non-hydrogen) atoms. The lowest BCUT2D eigenvalue weighted by molar-refractivity contribution is -0.371. The van der Waals surface area contributed by atoms with Crippen molar-refractivity contribution in [2.24, 2.45) is 0 Å². The molecule has 0 saturated heterocycles. The van der Waals surface area contributed by atoms with E-state index in [1.807, 2.05) is 0 Å². The number of nitrogens with zero attached hydrogens (tertiary/aromatic N) is 1. The van der Waals surface area contributed by atoms with Crippen LogP contribution in [-0.2, 0) is 0 Å². The Balaban J connectivity index is 5.26. The fourth-order valence-corrected chi connectivity index (χ4v) is 1.49. The Labute approximate surface area is 113 Å². The summed E-state index contributed by atoms with van der Waals surface area (Å²) in [6.07, 6.45) is -10.0. The van der Waals surface area contributed by atoms with E-state index in [1.165, 1.54) is 19.9 Å². The van der Waals surface area contributed by atoms with Gasteiger partial charge in [0.25, 0.3) is 5.60 Å². The number of hydrogen-bond acceptors (Lipinski definition) is 2. The van der Waals surface area contributed by atoms with Crippen molar-refractivity contribution in [3.8, 4) is 0 Å². The van der Waals surface area contributed by atoms with Gasteiger partial charge >= 0.3 is 12.4 Å². The molecule has 0 radical (unpaired) electrons. The highest BCUT2D eigenvalue weighted by Crippen LogP contribution is 2.43. The van der Waals surface area contributed by atoms with Crippen LogP contribution in [-0.4, -0.2) is 47.1 Å². The summed E-state index contributed by atoms with van der Waals surface area (Å²) in [5.74, 6) is 0. The molecule has 0 aromatic rings. The first-order valence-corrected chi connectivity index (χ1v) is 5.81. The maximum absolute atomic E-state index is 12.6. The highest BCUT2D eigenvalue weighted by Gasteiger charge is 2.70. The van der Waals surface area contributed by atoms with Crippen LogP contribution in [0.15, 0.2) is 18.4 Å². The largest absolute Gasteiger partial charge is 0.427 e. The monoisotopic (exact) mass is 305 g/mol. The van der Waals surface area contributed by atoms with Crippen LogP contribution in [0.3, 0.4) is 0 Å². The molecule has 0 spiro atoms. The topological polar surface area (TPSA) is 23.5 Å². The van der Waals surface area contributed by atoms with E-state index in [0.29, 0.717) is 0 Å². The van der Waals surface area contributed by atoms with Crippen molar-refractivity contribution in [1.82, 2.24) is 4.90 Å². The second-order valence-corrected chi connectivity index (χ2v) is 4.62. The second kappa shape index (κ2) is 6.65. The first-order chi connectivity index (χ1) is 8.87. The molecular weight excluding hydrogens is 288 g/mol. The SMILES string of the molecule is C=C=CCCN(CC(O)(C(F)(F)F)C(F)(F)F)C(C)C. The van der Waals surface area contributed by atoms with E-state index in [4.69, 9.17) is 5.11 Å². The van der Waals surface area contributed by atoms with E-state index < -0.39 is 30.5 Å². The molecule has 2 nitrogen and oxygen atoms in total. The maximum Gasteiger partial charge on any atom is 0.427 e. The van der Waals surface area contributed by atoms with Gasteiger partial charge in [-0.25, -0.2) is 0 Å². The van der Waals surface area contributed by atoms with E-state index in [0.717, 1.165) is 4.90 Å². The summed E-state index contributed by atoms with van der Waals surface area (Å²) < 4.78 is 75.5. The first-order valence-electron chi connectivity index (χ1n) is 5.81. The first kappa shape index (κ1) is 19.0. The van der Waals surface area contributed by atoms with Crippen molar-refractivity contribution in [1.29, 1.82) is 0 Å². The van der Waals surface area contributed by atoms with Gasteiger partial charge in [-0.1, -0.05) is 6.58 Å². The summed E-state index contributed by atoms with van der Waals surface area (Å²) >= 11 is 0. The minimum absolute atomic E-state index is 0.0747. The Morgan fingerprint density at radius 1 is 1.15 bits per heavy atom. The molecule has 0 heterocycles. The molecule has 0 aromatic heterocycles. The van der Waals surface area contributed by atoms with Gasteiger partial charge in [-0.3, -0.25) is 4.90 Å². The molecule has 0 fully saturated rings. The van der Waals surface area contributed by atoms with Gasteiger partial charge in [0, 0.05) is 19.1 Å². The average Bonchev–Trinajstić information content (AvgIpc) is 2.24. The van der Waals surface area contributed by atoms with Crippen LogP contribution >= 0.6 is 0 Å². The second-order valence-electron chi connectivity index (χ2n) is 4.62. The highest BCUT2D eigenvalue weighted by atomic mass is 19.4. The van der Waals surface area contributed by atoms with Crippen molar-refractivity contribution in [2.45, 2.75) is 44.3 Å². The van der Waals surface area contributed by atoms with Crippen molar-refractivity contribution in [2.75, 3.05) is 13.1 Å². The van der Waals surface area contributed by atoms with Crippen LogP contribution in [0.5, 0.6) is 0 Å². The Kier molecular flexibility index (Phi) is 6.32.